The minimum absolute atomic E-state index is 0.0505. The van der Waals surface area contributed by atoms with Gasteiger partial charge in [-0.15, -0.1) is 0 Å². The van der Waals surface area contributed by atoms with Gasteiger partial charge in [0.1, 0.15) is 6.61 Å². The molecule has 14 heavy (non-hydrogen) atoms. The Kier molecular flexibility index (Phi) is 5.10. The lowest BCUT2D eigenvalue weighted by molar-refractivity contribution is -0.138. The van der Waals surface area contributed by atoms with Gasteiger partial charge in [0.05, 0.1) is 12.5 Å². The lowest BCUT2D eigenvalue weighted by Crippen LogP contribution is -2.06. The molecular weight excluding hydrogens is 209 g/mol. The molecule has 0 spiro atoms. The van der Waals surface area contributed by atoms with Crippen LogP contribution in [0.25, 0.3) is 0 Å². The maximum absolute atomic E-state index is 11.0. The molecule has 0 aliphatic rings. The van der Waals surface area contributed by atoms with Crippen LogP contribution in [-0.2, 0) is 14.1 Å². The van der Waals surface area contributed by atoms with Crippen LogP contribution in [0.3, 0.4) is 0 Å². The molecule has 0 aromatic heterocycles. The molecule has 0 radical (unpaired) electrons. The molecule has 6 nitrogen and oxygen atoms in total. The Morgan fingerprint density at radius 3 is 2.64 bits per heavy atom. The molecule has 0 saturated heterocycles. The zero-order valence-electron chi connectivity index (χ0n) is 7.51. The number of ether oxygens (including phenoxy) is 1. The fraction of sp³-hybridized carbons (Fsp3) is 0.429. The first-order valence-corrected chi connectivity index (χ1v) is 5.34. The van der Waals surface area contributed by atoms with Gasteiger partial charge in [0.25, 0.3) is 0 Å². The standard InChI is InChI=1S/C7H10NO5P/c1-6(5-14(10,11)12)7(9)13-4-2-3-8/h5H,2,4H2,1H3,(H2,10,11,12). The van der Waals surface area contributed by atoms with Crippen LogP contribution in [-0.4, -0.2) is 22.4 Å². The van der Waals surface area contributed by atoms with Gasteiger partial charge in [-0.05, 0) is 6.92 Å². The molecule has 0 unspecified atom stereocenters. The van der Waals surface area contributed by atoms with Crippen LogP contribution in [0.1, 0.15) is 13.3 Å². The quantitative estimate of drug-likeness (QED) is 0.309. The Labute approximate surface area is 81.0 Å². The smallest absolute Gasteiger partial charge is 0.349 e. The van der Waals surface area contributed by atoms with Crippen molar-refractivity contribution in [2.75, 3.05) is 6.61 Å². The normalized spacial score (nSPS) is 12.0. The third kappa shape index (κ3) is 6.38. The largest absolute Gasteiger partial charge is 0.461 e. The summed E-state index contributed by atoms with van der Waals surface area (Å²) in [6.45, 7) is 1.15. The van der Waals surface area contributed by atoms with Crippen LogP contribution >= 0.6 is 7.60 Å². The molecule has 78 valence electrons. The van der Waals surface area contributed by atoms with Crippen molar-refractivity contribution in [2.45, 2.75) is 13.3 Å². The second kappa shape index (κ2) is 5.55. The first-order chi connectivity index (χ1) is 6.37. The average molecular weight is 219 g/mol. The highest BCUT2D eigenvalue weighted by Gasteiger charge is 2.13. The zero-order valence-corrected chi connectivity index (χ0v) is 8.40. The number of esters is 1. The van der Waals surface area contributed by atoms with Crippen molar-refractivity contribution >= 4 is 13.6 Å². The molecule has 0 heterocycles. The lowest BCUT2D eigenvalue weighted by atomic mass is 10.4. The fourth-order valence-electron chi connectivity index (χ4n) is 0.608. The maximum Gasteiger partial charge on any atom is 0.349 e. The summed E-state index contributed by atoms with van der Waals surface area (Å²) in [4.78, 5) is 27.9. The van der Waals surface area contributed by atoms with E-state index in [1.165, 1.54) is 6.92 Å². The second-order valence-corrected chi connectivity index (χ2v) is 3.88. The highest BCUT2D eigenvalue weighted by molar-refractivity contribution is 7.55. The molecule has 0 saturated carbocycles. The SMILES string of the molecule is CC(=CP(=O)(O)O)C(=O)OCCC#N. The molecule has 0 aromatic rings. The summed E-state index contributed by atoms with van der Waals surface area (Å²) < 4.78 is 15.0. The van der Waals surface area contributed by atoms with Gasteiger partial charge >= 0.3 is 13.6 Å². The molecule has 2 N–H and O–H groups in total. The monoisotopic (exact) mass is 219 g/mol. The number of carbonyl (C=O) groups is 1. The van der Waals surface area contributed by atoms with Gasteiger partial charge in [-0.25, -0.2) is 4.79 Å². The van der Waals surface area contributed by atoms with Crippen LogP contribution in [0.5, 0.6) is 0 Å². The molecule has 0 aromatic carbocycles. The summed E-state index contributed by atoms with van der Waals surface area (Å²) in [5.74, 6) is -0.301. The van der Waals surface area contributed by atoms with Gasteiger partial charge < -0.3 is 14.5 Å². The van der Waals surface area contributed by atoms with E-state index in [-0.39, 0.29) is 18.6 Å². The lowest BCUT2D eigenvalue weighted by Gasteiger charge is -2.02. The molecule has 0 aliphatic carbocycles. The third-order valence-corrected chi connectivity index (χ3v) is 1.85. The molecule has 7 heteroatoms. The number of carbonyl (C=O) groups excluding carboxylic acids is 1. The molecule has 0 atom stereocenters. The van der Waals surface area contributed by atoms with Crippen molar-refractivity contribution in [2.24, 2.45) is 0 Å². The van der Waals surface area contributed by atoms with E-state index in [9.17, 15) is 9.36 Å². The number of rotatable bonds is 4. The zero-order chi connectivity index (χ0) is 11.2. The summed E-state index contributed by atoms with van der Waals surface area (Å²) in [5.41, 5.74) is -0.170. The van der Waals surface area contributed by atoms with Gasteiger partial charge in [0.2, 0.25) is 0 Å². The van der Waals surface area contributed by atoms with Crippen LogP contribution in [0.4, 0.5) is 0 Å². The Balaban J connectivity index is 4.21. The van der Waals surface area contributed by atoms with Crippen molar-refractivity contribution < 1.29 is 23.9 Å². The number of hydrogen-bond donors (Lipinski definition) is 2. The van der Waals surface area contributed by atoms with Crippen LogP contribution in [0.2, 0.25) is 0 Å². The molecule has 0 aliphatic heterocycles. The maximum atomic E-state index is 11.0. The predicted molar refractivity (Wildman–Crippen MR) is 47.0 cm³/mol. The summed E-state index contributed by atoms with van der Waals surface area (Å²) in [6.07, 6.45) is 0.0505. The van der Waals surface area contributed by atoms with Crippen LogP contribution in [0, 0.1) is 11.3 Å². The van der Waals surface area contributed by atoms with Crippen molar-refractivity contribution in [1.29, 1.82) is 5.26 Å². The van der Waals surface area contributed by atoms with Crippen LogP contribution in [0.15, 0.2) is 11.4 Å². The summed E-state index contributed by atoms with van der Waals surface area (Å²) in [5, 5.41) is 8.12. The Hall–Kier alpha value is -1.15. The van der Waals surface area contributed by atoms with E-state index in [1.807, 2.05) is 0 Å². The van der Waals surface area contributed by atoms with Gasteiger partial charge in [-0.1, -0.05) is 0 Å². The van der Waals surface area contributed by atoms with Gasteiger partial charge in [0, 0.05) is 11.4 Å². The van der Waals surface area contributed by atoms with Gasteiger partial charge in [-0.3, -0.25) is 4.57 Å². The van der Waals surface area contributed by atoms with E-state index in [2.05, 4.69) is 4.74 Å². The second-order valence-electron chi connectivity index (χ2n) is 2.45. The number of nitrogens with zero attached hydrogens (tertiary/aromatic N) is 1. The van der Waals surface area contributed by atoms with Crippen molar-refractivity contribution in [1.82, 2.24) is 0 Å². The van der Waals surface area contributed by atoms with Gasteiger partial charge in [0.15, 0.2) is 0 Å². The van der Waals surface area contributed by atoms with Gasteiger partial charge in [-0.2, -0.15) is 5.26 Å². The molecule has 0 fully saturated rings. The molecular formula is C7H10NO5P. The average Bonchev–Trinajstić information content (AvgIpc) is 2.01. The molecule has 0 rings (SSSR count). The highest BCUT2D eigenvalue weighted by atomic mass is 31.2. The minimum atomic E-state index is -4.34. The van der Waals surface area contributed by atoms with Crippen molar-refractivity contribution in [3.63, 3.8) is 0 Å². The highest BCUT2D eigenvalue weighted by Crippen LogP contribution is 2.37. The third-order valence-electron chi connectivity index (χ3n) is 1.13. The predicted octanol–water partition coefficient (Wildman–Crippen LogP) is 0.525. The number of hydrogen-bond acceptors (Lipinski definition) is 4. The first-order valence-electron chi connectivity index (χ1n) is 3.65. The van der Waals surface area contributed by atoms with E-state index < -0.39 is 13.6 Å². The van der Waals surface area contributed by atoms with E-state index in [1.54, 1.807) is 6.07 Å². The van der Waals surface area contributed by atoms with Crippen molar-refractivity contribution in [3.8, 4) is 6.07 Å². The number of nitriles is 1. The Morgan fingerprint density at radius 1 is 1.64 bits per heavy atom. The van der Waals surface area contributed by atoms with E-state index in [0.717, 1.165) is 0 Å². The summed E-state index contributed by atoms with van der Waals surface area (Å²) in [6, 6.07) is 1.76. The first kappa shape index (κ1) is 12.8. The fourth-order valence-corrected chi connectivity index (χ4v) is 1.22. The summed E-state index contributed by atoms with van der Waals surface area (Å²) in [7, 11) is -4.34. The van der Waals surface area contributed by atoms with E-state index in [4.69, 9.17) is 15.0 Å². The minimum Gasteiger partial charge on any atom is -0.461 e. The Bertz CT molecular complexity index is 323. The van der Waals surface area contributed by atoms with Crippen LogP contribution < -0.4 is 0 Å². The van der Waals surface area contributed by atoms with E-state index in [0.29, 0.717) is 5.82 Å². The topological polar surface area (TPSA) is 108 Å². The Morgan fingerprint density at radius 2 is 2.21 bits per heavy atom. The van der Waals surface area contributed by atoms with Crippen molar-refractivity contribution in [3.05, 3.63) is 11.4 Å². The summed E-state index contributed by atoms with van der Waals surface area (Å²) >= 11 is 0. The molecule has 0 amide bonds. The van der Waals surface area contributed by atoms with E-state index >= 15 is 0 Å². The molecule has 0 bridgehead atoms.